The van der Waals surface area contributed by atoms with Gasteiger partial charge >= 0.3 is 5.16 Å². The van der Waals surface area contributed by atoms with E-state index in [2.05, 4.69) is 28.9 Å². The lowest BCUT2D eigenvalue weighted by Gasteiger charge is -2.07. The summed E-state index contributed by atoms with van der Waals surface area (Å²) >= 11 is -1.20. The smallest absolute Gasteiger partial charge is 0.342 e. The van der Waals surface area contributed by atoms with Crippen molar-refractivity contribution in [1.82, 2.24) is 19.6 Å². The van der Waals surface area contributed by atoms with Crippen molar-refractivity contribution in [3.8, 4) is 11.3 Å². The molecule has 22 heavy (non-hydrogen) atoms. The Labute approximate surface area is 132 Å². The molecule has 1 atom stereocenters. The highest BCUT2D eigenvalue weighted by molar-refractivity contribution is 7.90. The van der Waals surface area contributed by atoms with Crippen LogP contribution in [0.1, 0.15) is 19.5 Å². The van der Waals surface area contributed by atoms with Crippen LogP contribution in [-0.2, 0) is 17.6 Å². The molecule has 3 rings (SSSR count). The van der Waals surface area contributed by atoms with Crippen LogP contribution < -0.4 is 0 Å². The summed E-state index contributed by atoms with van der Waals surface area (Å²) in [6.07, 6.45) is 6.04. The molecule has 0 N–H and O–H groups in total. The van der Waals surface area contributed by atoms with Crippen LogP contribution in [0.4, 0.5) is 0 Å². The van der Waals surface area contributed by atoms with Gasteiger partial charge in [-0.1, -0.05) is 19.9 Å². The maximum atomic E-state index is 11.7. The molecule has 114 valence electrons. The third-order valence-electron chi connectivity index (χ3n) is 3.36. The summed E-state index contributed by atoms with van der Waals surface area (Å²) in [5.74, 6) is 0.491. The van der Waals surface area contributed by atoms with Gasteiger partial charge in [0.1, 0.15) is 6.26 Å². The fourth-order valence-corrected chi connectivity index (χ4v) is 2.91. The van der Waals surface area contributed by atoms with Crippen molar-refractivity contribution in [3.63, 3.8) is 0 Å². The molecule has 0 aromatic carbocycles. The van der Waals surface area contributed by atoms with Crippen LogP contribution in [-0.4, -0.2) is 30.4 Å². The second kappa shape index (κ2) is 6.06. The largest absolute Gasteiger partial charge is 0.609 e. The van der Waals surface area contributed by atoms with Crippen molar-refractivity contribution in [3.05, 3.63) is 42.4 Å². The van der Waals surface area contributed by atoms with E-state index in [-0.39, 0.29) is 0 Å². The third-order valence-corrected chi connectivity index (χ3v) is 4.07. The normalized spacial score (nSPS) is 13.0. The summed E-state index contributed by atoms with van der Waals surface area (Å²) in [6.45, 7) is 4.33. The molecule has 0 saturated carbocycles. The first-order chi connectivity index (χ1) is 10.6. The Balaban J connectivity index is 2.21. The monoisotopic (exact) mass is 314 g/mol. The minimum atomic E-state index is -1.20. The van der Waals surface area contributed by atoms with Crippen LogP contribution in [0, 0.1) is 5.92 Å². The Kier molecular flexibility index (Phi) is 4.13. The molecular weight excluding hydrogens is 296 g/mol. The van der Waals surface area contributed by atoms with Gasteiger partial charge in [-0.15, -0.1) is 0 Å². The predicted octanol–water partition coefficient (Wildman–Crippen LogP) is 2.73. The second-order valence-corrected chi connectivity index (χ2v) is 6.90. The van der Waals surface area contributed by atoms with Crippen molar-refractivity contribution < 1.29 is 4.55 Å². The summed E-state index contributed by atoms with van der Waals surface area (Å²) in [7, 11) is 0. The van der Waals surface area contributed by atoms with Crippen molar-refractivity contribution >= 4 is 16.7 Å². The summed E-state index contributed by atoms with van der Waals surface area (Å²) < 4.78 is 13.5. The SMILES string of the molecule is CC(C)Cc1nn2ccccc2c1-c1ccnc([S+](C)[O-])n1. The lowest BCUT2D eigenvalue weighted by Crippen LogP contribution is -2.05. The van der Waals surface area contributed by atoms with Crippen molar-refractivity contribution in [2.75, 3.05) is 6.26 Å². The molecule has 0 aliphatic heterocycles. The highest BCUT2D eigenvalue weighted by Crippen LogP contribution is 2.28. The number of hydrogen-bond donors (Lipinski definition) is 0. The zero-order valence-corrected chi connectivity index (χ0v) is 13.7. The van der Waals surface area contributed by atoms with Crippen LogP contribution >= 0.6 is 0 Å². The summed E-state index contributed by atoms with van der Waals surface area (Å²) in [5, 5.41) is 5.03. The average Bonchev–Trinajstić information content (AvgIpc) is 2.84. The van der Waals surface area contributed by atoms with E-state index in [9.17, 15) is 4.55 Å². The standard InChI is InChI=1S/C16H18N4OS/c1-11(2)10-13-15(14-6-4-5-9-20(14)19-13)12-7-8-17-16(18-12)22(3)21/h4-9,11H,10H2,1-3H3. The van der Waals surface area contributed by atoms with Crippen molar-refractivity contribution in [1.29, 1.82) is 0 Å². The van der Waals surface area contributed by atoms with E-state index in [1.165, 1.54) is 0 Å². The molecule has 0 amide bonds. The van der Waals surface area contributed by atoms with Crippen LogP contribution in [0.15, 0.2) is 41.8 Å². The van der Waals surface area contributed by atoms with E-state index >= 15 is 0 Å². The van der Waals surface area contributed by atoms with E-state index in [1.807, 2.05) is 35.0 Å². The van der Waals surface area contributed by atoms with Crippen molar-refractivity contribution in [2.24, 2.45) is 5.92 Å². The van der Waals surface area contributed by atoms with Gasteiger partial charge in [-0.05, 0) is 30.5 Å². The number of pyridine rings is 1. The quantitative estimate of drug-likeness (QED) is 0.548. The van der Waals surface area contributed by atoms with E-state index < -0.39 is 11.2 Å². The summed E-state index contributed by atoms with van der Waals surface area (Å²) in [4.78, 5) is 8.55. The molecule has 0 saturated heterocycles. The topological polar surface area (TPSA) is 66.1 Å². The van der Waals surface area contributed by atoms with Crippen LogP contribution in [0.5, 0.6) is 0 Å². The fourth-order valence-electron chi connectivity index (χ4n) is 2.47. The minimum absolute atomic E-state index is 0.350. The summed E-state index contributed by atoms with van der Waals surface area (Å²) in [6, 6.07) is 7.82. The van der Waals surface area contributed by atoms with Crippen molar-refractivity contribution in [2.45, 2.75) is 25.4 Å². The fraction of sp³-hybridized carbons (Fsp3) is 0.312. The van der Waals surface area contributed by atoms with E-state index in [4.69, 9.17) is 0 Å². The van der Waals surface area contributed by atoms with Gasteiger partial charge < -0.3 is 4.55 Å². The predicted molar refractivity (Wildman–Crippen MR) is 87.1 cm³/mol. The van der Waals surface area contributed by atoms with E-state index in [0.717, 1.165) is 28.9 Å². The molecule has 6 heteroatoms. The molecule has 1 unspecified atom stereocenters. The zero-order chi connectivity index (χ0) is 15.7. The summed E-state index contributed by atoms with van der Waals surface area (Å²) in [5.41, 5.74) is 3.79. The van der Waals surface area contributed by atoms with Gasteiger partial charge in [-0.25, -0.2) is 4.52 Å². The van der Waals surface area contributed by atoms with Gasteiger partial charge in [0.15, 0.2) is 0 Å². The highest BCUT2D eigenvalue weighted by atomic mass is 32.2. The second-order valence-electron chi connectivity index (χ2n) is 5.63. The van der Waals surface area contributed by atoms with Gasteiger partial charge in [-0.3, -0.25) is 0 Å². The molecule has 3 aromatic rings. The molecule has 0 fully saturated rings. The third kappa shape index (κ3) is 2.84. The highest BCUT2D eigenvalue weighted by Gasteiger charge is 2.18. The first kappa shape index (κ1) is 15.0. The van der Waals surface area contributed by atoms with Crippen LogP contribution in [0.2, 0.25) is 0 Å². The van der Waals surface area contributed by atoms with Gasteiger partial charge in [0, 0.05) is 29.1 Å². The maximum absolute atomic E-state index is 11.7. The van der Waals surface area contributed by atoms with Gasteiger partial charge in [0.25, 0.3) is 0 Å². The number of aromatic nitrogens is 4. The minimum Gasteiger partial charge on any atom is -0.609 e. The molecule has 0 aliphatic rings. The van der Waals surface area contributed by atoms with Crippen LogP contribution in [0.3, 0.4) is 0 Å². The lowest BCUT2D eigenvalue weighted by atomic mass is 10.0. The number of nitrogens with zero attached hydrogens (tertiary/aromatic N) is 4. The maximum Gasteiger partial charge on any atom is 0.342 e. The molecule has 3 heterocycles. The Morgan fingerprint density at radius 2 is 2.09 bits per heavy atom. The first-order valence-electron chi connectivity index (χ1n) is 7.19. The van der Waals surface area contributed by atoms with Gasteiger partial charge in [0.2, 0.25) is 0 Å². The number of rotatable bonds is 4. The zero-order valence-electron chi connectivity index (χ0n) is 12.9. The molecule has 0 radical (unpaired) electrons. The van der Waals surface area contributed by atoms with Gasteiger partial charge in [0.05, 0.1) is 16.9 Å². The Morgan fingerprint density at radius 1 is 1.27 bits per heavy atom. The average molecular weight is 314 g/mol. The molecular formula is C16H18N4OS. The molecule has 0 aliphatic carbocycles. The van der Waals surface area contributed by atoms with E-state index in [1.54, 1.807) is 12.5 Å². The number of hydrogen-bond acceptors (Lipinski definition) is 4. The Bertz CT molecular complexity index is 798. The lowest BCUT2D eigenvalue weighted by molar-refractivity contribution is 0.592. The van der Waals surface area contributed by atoms with E-state index in [0.29, 0.717) is 11.1 Å². The Hall–Kier alpha value is -1.92. The molecule has 3 aromatic heterocycles. The first-order valence-corrected chi connectivity index (χ1v) is 8.75. The molecule has 5 nitrogen and oxygen atoms in total. The molecule has 0 bridgehead atoms. The number of fused-ring (bicyclic) bond motifs is 1. The molecule has 0 spiro atoms. The Morgan fingerprint density at radius 3 is 2.82 bits per heavy atom. The van der Waals surface area contributed by atoms with Gasteiger partial charge in [-0.2, -0.15) is 15.1 Å². The van der Waals surface area contributed by atoms with Crippen LogP contribution in [0.25, 0.3) is 16.8 Å².